The van der Waals surface area contributed by atoms with Crippen molar-refractivity contribution in [2.45, 2.75) is 12.5 Å². The summed E-state index contributed by atoms with van der Waals surface area (Å²) in [6.07, 6.45) is 0.323. The third kappa shape index (κ3) is 4.36. The van der Waals surface area contributed by atoms with E-state index in [1.54, 1.807) is 36.4 Å². The molecule has 4 heteroatoms. The highest BCUT2D eigenvalue weighted by atomic mass is 16.4. The summed E-state index contributed by atoms with van der Waals surface area (Å²) in [4.78, 5) is 24.0. The number of hydrogen-bond acceptors (Lipinski definition) is 3. The number of anilines is 1. The highest BCUT2D eigenvalue weighted by Crippen LogP contribution is 2.14. The molecule has 2 N–H and O–H groups in total. The minimum atomic E-state index is -0.918. The van der Waals surface area contributed by atoms with Crippen molar-refractivity contribution in [1.82, 2.24) is 0 Å². The number of benzene rings is 3. The first-order valence-electron chi connectivity index (χ1n) is 8.36. The SMILES string of the molecule is O=C(c1ccccc1)c1ccc(CC(Nc2ccccc2)C(=O)O)cc1. The van der Waals surface area contributed by atoms with Crippen LogP contribution in [0.15, 0.2) is 84.9 Å². The van der Waals surface area contributed by atoms with Gasteiger partial charge in [0.25, 0.3) is 0 Å². The number of carbonyl (C=O) groups is 2. The van der Waals surface area contributed by atoms with E-state index < -0.39 is 12.0 Å². The van der Waals surface area contributed by atoms with Crippen molar-refractivity contribution in [2.24, 2.45) is 0 Å². The third-order valence-electron chi connectivity index (χ3n) is 4.10. The average Bonchev–Trinajstić information content (AvgIpc) is 2.69. The molecule has 0 amide bonds. The molecule has 0 spiro atoms. The van der Waals surface area contributed by atoms with Gasteiger partial charge in [-0.15, -0.1) is 0 Å². The number of hydrogen-bond donors (Lipinski definition) is 2. The van der Waals surface area contributed by atoms with E-state index in [2.05, 4.69) is 5.32 Å². The lowest BCUT2D eigenvalue weighted by Crippen LogP contribution is -2.31. The Hall–Kier alpha value is -3.40. The molecule has 1 unspecified atom stereocenters. The molecule has 0 fully saturated rings. The largest absolute Gasteiger partial charge is 0.480 e. The van der Waals surface area contributed by atoms with Crippen LogP contribution in [0.4, 0.5) is 5.69 Å². The number of nitrogens with one attached hydrogen (secondary N) is 1. The van der Waals surface area contributed by atoms with E-state index in [1.807, 2.05) is 48.5 Å². The molecule has 3 rings (SSSR count). The van der Waals surface area contributed by atoms with Gasteiger partial charge in [-0.2, -0.15) is 0 Å². The molecule has 0 aliphatic rings. The molecule has 0 aliphatic carbocycles. The highest BCUT2D eigenvalue weighted by Gasteiger charge is 2.18. The zero-order valence-corrected chi connectivity index (χ0v) is 14.1. The normalized spacial score (nSPS) is 11.5. The van der Waals surface area contributed by atoms with E-state index in [9.17, 15) is 14.7 Å². The van der Waals surface area contributed by atoms with Gasteiger partial charge >= 0.3 is 5.97 Å². The zero-order chi connectivity index (χ0) is 18.4. The summed E-state index contributed by atoms with van der Waals surface area (Å²) < 4.78 is 0. The van der Waals surface area contributed by atoms with Crippen molar-refractivity contribution in [3.05, 3.63) is 102 Å². The molecule has 130 valence electrons. The molecule has 0 aromatic heterocycles. The Balaban J connectivity index is 1.71. The zero-order valence-electron chi connectivity index (χ0n) is 14.1. The van der Waals surface area contributed by atoms with Gasteiger partial charge in [-0.05, 0) is 17.7 Å². The van der Waals surface area contributed by atoms with Gasteiger partial charge in [-0.25, -0.2) is 4.79 Å². The van der Waals surface area contributed by atoms with Gasteiger partial charge < -0.3 is 10.4 Å². The van der Waals surface area contributed by atoms with Gasteiger partial charge in [0.1, 0.15) is 6.04 Å². The number of rotatable bonds is 7. The summed E-state index contributed by atoms with van der Waals surface area (Å²) in [6, 6.07) is 24.7. The minimum Gasteiger partial charge on any atom is -0.480 e. The van der Waals surface area contributed by atoms with Gasteiger partial charge in [0.05, 0.1) is 0 Å². The Labute approximate surface area is 152 Å². The Morgan fingerprint density at radius 1 is 0.769 bits per heavy atom. The summed E-state index contributed by atoms with van der Waals surface area (Å²) >= 11 is 0. The maximum Gasteiger partial charge on any atom is 0.326 e. The maximum absolute atomic E-state index is 12.4. The number of aliphatic carboxylic acids is 1. The summed E-state index contributed by atoms with van der Waals surface area (Å²) in [7, 11) is 0. The number of para-hydroxylation sites is 1. The Morgan fingerprint density at radius 3 is 1.88 bits per heavy atom. The van der Waals surface area contributed by atoms with Crippen LogP contribution >= 0.6 is 0 Å². The Bertz CT molecular complexity index is 874. The molecule has 0 saturated carbocycles. The topological polar surface area (TPSA) is 66.4 Å². The van der Waals surface area contributed by atoms with Crippen LogP contribution in [0, 0.1) is 0 Å². The first-order valence-corrected chi connectivity index (χ1v) is 8.36. The van der Waals surface area contributed by atoms with Gasteiger partial charge in [0.15, 0.2) is 5.78 Å². The molecular formula is C22H19NO3. The maximum atomic E-state index is 12.4. The van der Waals surface area contributed by atoms with E-state index in [1.165, 1.54) is 0 Å². The van der Waals surface area contributed by atoms with E-state index in [4.69, 9.17) is 0 Å². The summed E-state index contributed by atoms with van der Waals surface area (Å²) in [6.45, 7) is 0. The number of ketones is 1. The van der Waals surface area contributed by atoms with E-state index in [-0.39, 0.29) is 5.78 Å². The second-order valence-electron chi connectivity index (χ2n) is 6.00. The van der Waals surface area contributed by atoms with Crippen molar-refractivity contribution in [3.8, 4) is 0 Å². The molecule has 3 aromatic rings. The lowest BCUT2D eigenvalue weighted by molar-refractivity contribution is -0.137. The van der Waals surface area contributed by atoms with Crippen LogP contribution in [-0.2, 0) is 11.2 Å². The average molecular weight is 345 g/mol. The first-order chi connectivity index (χ1) is 12.6. The van der Waals surface area contributed by atoms with Crippen LogP contribution in [0.5, 0.6) is 0 Å². The van der Waals surface area contributed by atoms with Crippen molar-refractivity contribution < 1.29 is 14.7 Å². The molecule has 0 saturated heterocycles. The fourth-order valence-electron chi connectivity index (χ4n) is 2.72. The summed E-state index contributed by atoms with van der Waals surface area (Å²) in [5.74, 6) is -0.965. The Morgan fingerprint density at radius 2 is 1.31 bits per heavy atom. The fourth-order valence-corrected chi connectivity index (χ4v) is 2.72. The van der Waals surface area contributed by atoms with Crippen LogP contribution in [0.2, 0.25) is 0 Å². The molecule has 3 aromatic carbocycles. The molecule has 0 bridgehead atoms. The minimum absolute atomic E-state index is 0.0469. The summed E-state index contributed by atoms with van der Waals surface area (Å²) in [5, 5.41) is 12.5. The van der Waals surface area contributed by atoms with Gasteiger partial charge in [-0.1, -0.05) is 72.8 Å². The second-order valence-corrected chi connectivity index (χ2v) is 6.00. The van der Waals surface area contributed by atoms with Crippen molar-refractivity contribution in [1.29, 1.82) is 0 Å². The molecular weight excluding hydrogens is 326 g/mol. The number of carboxylic acid groups (broad SMARTS) is 1. The van der Waals surface area contributed by atoms with E-state index in [0.717, 1.165) is 11.3 Å². The van der Waals surface area contributed by atoms with Gasteiger partial charge in [0, 0.05) is 23.2 Å². The lowest BCUT2D eigenvalue weighted by atomic mass is 9.99. The van der Waals surface area contributed by atoms with Crippen LogP contribution in [0.1, 0.15) is 21.5 Å². The predicted molar refractivity (Wildman–Crippen MR) is 102 cm³/mol. The standard InChI is InChI=1S/C22H19NO3/c24-21(17-7-3-1-4-8-17)18-13-11-16(12-14-18)15-20(22(25)26)23-19-9-5-2-6-10-19/h1-14,20,23H,15H2,(H,25,26). The highest BCUT2D eigenvalue weighted by molar-refractivity contribution is 6.08. The first kappa shape index (κ1) is 17.4. The predicted octanol–water partition coefficient (Wildman–Crippen LogP) is 4.03. The van der Waals surface area contributed by atoms with E-state index in [0.29, 0.717) is 17.5 Å². The number of carbonyl (C=O) groups excluding carboxylic acids is 1. The quantitative estimate of drug-likeness (QED) is 0.635. The smallest absolute Gasteiger partial charge is 0.326 e. The fraction of sp³-hybridized carbons (Fsp3) is 0.0909. The van der Waals surface area contributed by atoms with Crippen molar-refractivity contribution >= 4 is 17.4 Å². The third-order valence-corrected chi connectivity index (χ3v) is 4.10. The molecule has 0 aliphatic heterocycles. The van der Waals surface area contributed by atoms with Crippen LogP contribution in [0.25, 0.3) is 0 Å². The van der Waals surface area contributed by atoms with Crippen LogP contribution < -0.4 is 5.32 Å². The van der Waals surface area contributed by atoms with E-state index >= 15 is 0 Å². The lowest BCUT2D eigenvalue weighted by Gasteiger charge is -2.16. The molecule has 1 atom stereocenters. The molecule has 26 heavy (non-hydrogen) atoms. The van der Waals surface area contributed by atoms with Gasteiger partial charge in [0.2, 0.25) is 0 Å². The number of carboxylic acids is 1. The Kier molecular flexibility index (Phi) is 5.44. The van der Waals surface area contributed by atoms with Crippen molar-refractivity contribution in [2.75, 3.05) is 5.32 Å². The van der Waals surface area contributed by atoms with Crippen LogP contribution in [-0.4, -0.2) is 22.9 Å². The molecule has 0 heterocycles. The second kappa shape index (κ2) is 8.12. The molecule has 0 radical (unpaired) electrons. The molecule has 4 nitrogen and oxygen atoms in total. The van der Waals surface area contributed by atoms with Crippen LogP contribution in [0.3, 0.4) is 0 Å². The summed E-state index contributed by atoms with van der Waals surface area (Å²) in [5.41, 5.74) is 2.83. The monoisotopic (exact) mass is 345 g/mol. The van der Waals surface area contributed by atoms with Gasteiger partial charge in [-0.3, -0.25) is 4.79 Å². The van der Waals surface area contributed by atoms with Crippen molar-refractivity contribution in [3.63, 3.8) is 0 Å².